The molecule has 2 nitrogen and oxygen atoms in total. The Morgan fingerprint density at radius 3 is 2.71 bits per heavy atom. The number of oxime groups is 1. The lowest BCUT2D eigenvalue weighted by Crippen LogP contribution is -2.35. The van der Waals surface area contributed by atoms with Crippen LogP contribution in [0.25, 0.3) is 0 Å². The molecule has 1 saturated carbocycles. The molecule has 0 radical (unpaired) electrons. The number of hydrogen-bond donors (Lipinski definition) is 0. The second-order valence-electron chi connectivity index (χ2n) is 4.02. The largest absolute Gasteiger partial charge is 0.433 e. The summed E-state index contributed by atoms with van der Waals surface area (Å²) in [5, 5.41) is 3.18. The first kappa shape index (κ1) is 8.32. The van der Waals surface area contributed by atoms with Gasteiger partial charge in [0.25, 0.3) is 0 Å². The highest BCUT2D eigenvalue weighted by Crippen LogP contribution is 2.50. The average Bonchev–Trinajstić information content (AvgIpc) is 2.74. The van der Waals surface area contributed by atoms with Crippen LogP contribution < -0.4 is 0 Å². The van der Waals surface area contributed by atoms with Gasteiger partial charge in [0, 0.05) is 5.92 Å². The Morgan fingerprint density at radius 1 is 1.29 bits per heavy atom. The smallest absolute Gasteiger partial charge is 0.391 e. The monoisotopic (exact) mass is 203 g/mol. The van der Waals surface area contributed by atoms with Crippen molar-refractivity contribution in [3.8, 4) is 0 Å². The van der Waals surface area contributed by atoms with E-state index in [4.69, 9.17) is 4.84 Å². The summed E-state index contributed by atoms with van der Waals surface area (Å²) >= 11 is 0. The van der Waals surface area contributed by atoms with Gasteiger partial charge in [0.05, 0.1) is 5.92 Å². The van der Waals surface area contributed by atoms with E-state index in [-0.39, 0.29) is 17.9 Å². The molecule has 0 spiro atoms. The van der Waals surface area contributed by atoms with Crippen LogP contribution in [0.2, 0.25) is 0 Å². The summed E-state index contributed by atoms with van der Waals surface area (Å²) in [5.74, 6) is -0.438. The number of hydrogen-bond acceptors (Lipinski definition) is 2. The topological polar surface area (TPSA) is 21.6 Å². The van der Waals surface area contributed by atoms with E-state index < -0.39 is 17.8 Å². The third kappa shape index (κ3) is 0.898. The van der Waals surface area contributed by atoms with Gasteiger partial charge in [-0.1, -0.05) is 17.3 Å². The van der Waals surface area contributed by atoms with Gasteiger partial charge in [-0.15, -0.1) is 0 Å². The summed E-state index contributed by atoms with van der Waals surface area (Å²) in [6.45, 7) is 0. The Balaban J connectivity index is 1.95. The molecule has 3 aliphatic rings. The normalized spacial score (nSPS) is 43.8. The highest BCUT2D eigenvalue weighted by atomic mass is 19.4. The maximum atomic E-state index is 12.5. The Kier molecular flexibility index (Phi) is 1.38. The van der Waals surface area contributed by atoms with Gasteiger partial charge in [-0.2, -0.15) is 13.2 Å². The molecule has 4 atom stereocenters. The van der Waals surface area contributed by atoms with Crippen LogP contribution in [0.4, 0.5) is 13.2 Å². The molecule has 2 aliphatic carbocycles. The van der Waals surface area contributed by atoms with Gasteiger partial charge in [0.2, 0.25) is 0 Å². The van der Waals surface area contributed by atoms with Gasteiger partial charge in [-0.25, -0.2) is 0 Å². The van der Waals surface area contributed by atoms with Crippen molar-refractivity contribution in [2.24, 2.45) is 22.9 Å². The zero-order valence-electron chi connectivity index (χ0n) is 7.16. The van der Waals surface area contributed by atoms with Crippen molar-refractivity contribution < 1.29 is 18.0 Å². The number of nitrogens with zero attached hydrogens (tertiary/aromatic N) is 1. The highest BCUT2D eigenvalue weighted by molar-refractivity contribution is 5.93. The van der Waals surface area contributed by atoms with Gasteiger partial charge < -0.3 is 4.84 Å². The van der Waals surface area contributed by atoms with E-state index >= 15 is 0 Å². The molecule has 5 heteroatoms. The summed E-state index contributed by atoms with van der Waals surface area (Å²) in [7, 11) is 0. The zero-order valence-corrected chi connectivity index (χ0v) is 7.16. The van der Waals surface area contributed by atoms with E-state index in [1.165, 1.54) is 0 Å². The fraction of sp³-hybridized carbons (Fsp3) is 0.667. The Morgan fingerprint density at radius 2 is 2.00 bits per heavy atom. The quantitative estimate of drug-likeness (QED) is 0.552. The van der Waals surface area contributed by atoms with E-state index in [1.54, 1.807) is 0 Å². The molecule has 0 N–H and O–H groups in total. The lowest BCUT2D eigenvalue weighted by Gasteiger charge is -2.19. The average molecular weight is 203 g/mol. The Hall–Kier alpha value is -1.00. The van der Waals surface area contributed by atoms with Crippen LogP contribution in [0.15, 0.2) is 17.3 Å². The molecule has 0 aromatic carbocycles. The van der Waals surface area contributed by atoms with Gasteiger partial charge in [-0.05, 0) is 12.3 Å². The number of alkyl halides is 3. The minimum Gasteiger partial charge on any atom is -0.391 e. The summed E-state index contributed by atoms with van der Waals surface area (Å²) in [4.78, 5) is 4.87. The van der Waals surface area contributed by atoms with Gasteiger partial charge >= 0.3 is 6.18 Å². The number of rotatable bonds is 0. The number of halogens is 3. The molecule has 0 amide bonds. The van der Waals surface area contributed by atoms with Gasteiger partial charge in [0.1, 0.15) is 6.10 Å². The molecule has 76 valence electrons. The van der Waals surface area contributed by atoms with Crippen molar-refractivity contribution in [3.63, 3.8) is 0 Å². The van der Waals surface area contributed by atoms with Crippen LogP contribution in [0, 0.1) is 17.8 Å². The van der Waals surface area contributed by atoms with Crippen LogP contribution in [-0.2, 0) is 4.84 Å². The standard InChI is InChI=1S/C9H8F3NO/c10-9(11,12)8-6-4-1-2-5(3-4)7(6)14-13-8/h1-2,4-7H,3H2/t4-,5-,6+,7+/m0/s1. The molecule has 2 bridgehead atoms. The van der Waals surface area contributed by atoms with E-state index in [0.29, 0.717) is 0 Å². The molecule has 0 aromatic heterocycles. The predicted octanol–water partition coefficient (Wildman–Crippen LogP) is 2.13. The molecule has 3 rings (SSSR count). The molecular formula is C9H8F3NO. The first-order chi connectivity index (χ1) is 6.57. The van der Waals surface area contributed by atoms with Gasteiger partial charge in [0.15, 0.2) is 5.71 Å². The SMILES string of the molecule is FC(F)(F)C1=NO[C@H]2[C@H]1[C@H]1C=C[C@H]2C1. The minimum absolute atomic E-state index is 0.0205. The van der Waals surface area contributed by atoms with Crippen LogP contribution in [-0.4, -0.2) is 18.0 Å². The fourth-order valence-corrected chi connectivity index (χ4v) is 2.70. The highest BCUT2D eigenvalue weighted by Gasteiger charge is 2.58. The van der Waals surface area contributed by atoms with Crippen LogP contribution in [0.3, 0.4) is 0 Å². The predicted molar refractivity (Wildman–Crippen MR) is 42.6 cm³/mol. The molecule has 1 aliphatic heterocycles. The van der Waals surface area contributed by atoms with Crippen molar-refractivity contribution >= 4 is 5.71 Å². The van der Waals surface area contributed by atoms with Crippen molar-refractivity contribution in [1.82, 2.24) is 0 Å². The molecule has 0 unspecified atom stereocenters. The molecule has 1 fully saturated rings. The summed E-state index contributed by atoms with van der Waals surface area (Å²) < 4.78 is 37.5. The van der Waals surface area contributed by atoms with E-state index in [2.05, 4.69) is 5.16 Å². The lowest BCUT2D eigenvalue weighted by atomic mass is 9.87. The molecule has 0 aromatic rings. The van der Waals surface area contributed by atoms with Crippen LogP contribution in [0.5, 0.6) is 0 Å². The van der Waals surface area contributed by atoms with Crippen LogP contribution >= 0.6 is 0 Å². The molecule has 0 saturated heterocycles. The maximum absolute atomic E-state index is 12.5. The first-order valence-corrected chi connectivity index (χ1v) is 4.56. The summed E-state index contributed by atoms with van der Waals surface area (Å²) in [5.41, 5.74) is -0.723. The first-order valence-electron chi connectivity index (χ1n) is 4.56. The van der Waals surface area contributed by atoms with E-state index in [9.17, 15) is 13.2 Å². The second-order valence-corrected chi connectivity index (χ2v) is 4.02. The zero-order chi connectivity index (χ0) is 9.92. The van der Waals surface area contributed by atoms with Crippen molar-refractivity contribution in [3.05, 3.63) is 12.2 Å². The third-order valence-electron chi connectivity index (χ3n) is 3.27. The molecular weight excluding hydrogens is 195 g/mol. The van der Waals surface area contributed by atoms with Crippen molar-refractivity contribution in [2.75, 3.05) is 0 Å². The summed E-state index contributed by atoms with van der Waals surface area (Å²) in [6, 6.07) is 0. The van der Waals surface area contributed by atoms with Crippen LogP contribution in [0.1, 0.15) is 6.42 Å². The van der Waals surface area contributed by atoms with Gasteiger partial charge in [-0.3, -0.25) is 0 Å². The number of allylic oxidation sites excluding steroid dienone is 1. The van der Waals surface area contributed by atoms with E-state index in [1.807, 2.05) is 12.2 Å². The third-order valence-corrected chi connectivity index (χ3v) is 3.27. The fourth-order valence-electron chi connectivity index (χ4n) is 2.70. The van der Waals surface area contributed by atoms with E-state index in [0.717, 1.165) is 6.42 Å². The second kappa shape index (κ2) is 2.32. The number of fused-ring (bicyclic) bond motifs is 5. The Bertz CT molecular complexity index is 333. The minimum atomic E-state index is -4.34. The van der Waals surface area contributed by atoms with Crippen molar-refractivity contribution in [1.29, 1.82) is 0 Å². The summed E-state index contributed by atoms with van der Waals surface area (Å²) in [6.07, 6.45) is -0.105. The molecule has 14 heavy (non-hydrogen) atoms. The molecule has 1 heterocycles. The lowest BCUT2D eigenvalue weighted by molar-refractivity contribution is -0.0628. The van der Waals surface area contributed by atoms with Crippen molar-refractivity contribution in [2.45, 2.75) is 18.7 Å². The maximum Gasteiger partial charge on any atom is 0.433 e. The Labute approximate surface area is 78.4 Å².